The molecule has 6 rings (SSSR count). The predicted molar refractivity (Wildman–Crippen MR) is 151 cm³/mol. The van der Waals surface area contributed by atoms with Crippen LogP contribution in [0.25, 0.3) is 21.9 Å². The van der Waals surface area contributed by atoms with Crippen molar-refractivity contribution in [2.24, 2.45) is 0 Å². The summed E-state index contributed by atoms with van der Waals surface area (Å²) in [6, 6.07) is 17.8. The molecular weight excluding hydrogens is 555 g/mol. The number of hydrogen-bond acceptors (Lipinski definition) is 8. The molecule has 0 bridgehead atoms. The quantitative estimate of drug-likeness (QED) is 0.228. The summed E-state index contributed by atoms with van der Waals surface area (Å²) in [5.74, 6) is 0.000206. The van der Waals surface area contributed by atoms with Crippen molar-refractivity contribution in [3.63, 3.8) is 0 Å². The maximum atomic E-state index is 13.1. The van der Waals surface area contributed by atoms with Crippen LogP contribution >= 0.6 is 23.2 Å². The highest BCUT2D eigenvalue weighted by Gasteiger charge is 2.46. The van der Waals surface area contributed by atoms with E-state index < -0.39 is 37.0 Å². The molecule has 1 saturated heterocycles. The van der Waals surface area contributed by atoms with Crippen molar-refractivity contribution in [3.05, 3.63) is 94.5 Å². The molecule has 0 unspecified atom stereocenters. The lowest BCUT2D eigenvalue weighted by Gasteiger charge is -2.23. The molecule has 3 aromatic carbocycles. The van der Waals surface area contributed by atoms with Crippen molar-refractivity contribution in [3.8, 4) is 0 Å². The van der Waals surface area contributed by atoms with Gasteiger partial charge in [0.2, 0.25) is 0 Å². The first-order valence-electron chi connectivity index (χ1n) is 12.5. The fourth-order valence-corrected chi connectivity index (χ4v) is 5.53. The molecule has 1 amide bonds. The first-order valence-corrected chi connectivity index (χ1v) is 13.3. The van der Waals surface area contributed by atoms with Crippen LogP contribution in [0.15, 0.2) is 73.3 Å². The lowest BCUT2D eigenvalue weighted by molar-refractivity contribution is -0.0440. The van der Waals surface area contributed by atoms with Crippen LogP contribution in [0.2, 0.25) is 10.0 Å². The summed E-state index contributed by atoms with van der Waals surface area (Å²) in [5.41, 5.74) is 2.23. The maximum absolute atomic E-state index is 13.1. The number of carbonyl (C=O) groups is 1. The Bertz CT molecular complexity index is 1690. The minimum atomic E-state index is -1.21. The van der Waals surface area contributed by atoms with E-state index in [0.29, 0.717) is 33.6 Å². The molecule has 2 aromatic heterocycles. The number of benzene rings is 3. The van der Waals surface area contributed by atoms with Gasteiger partial charge in [-0.25, -0.2) is 15.0 Å². The van der Waals surface area contributed by atoms with Gasteiger partial charge in [0.15, 0.2) is 23.2 Å². The van der Waals surface area contributed by atoms with Crippen LogP contribution < -0.4 is 10.6 Å². The van der Waals surface area contributed by atoms with Gasteiger partial charge in [-0.3, -0.25) is 9.36 Å². The van der Waals surface area contributed by atoms with E-state index >= 15 is 0 Å². The summed E-state index contributed by atoms with van der Waals surface area (Å²) in [4.78, 5) is 26.4. The number of fused-ring (bicyclic) bond motifs is 2. The Labute approximate surface area is 238 Å². The third-order valence-corrected chi connectivity index (χ3v) is 7.37. The van der Waals surface area contributed by atoms with E-state index in [0.717, 1.165) is 16.3 Å². The number of hydrogen-bond donors (Lipinski definition) is 4. The van der Waals surface area contributed by atoms with Gasteiger partial charge in [0.25, 0.3) is 5.91 Å². The van der Waals surface area contributed by atoms with Crippen LogP contribution in [0.4, 0.5) is 5.82 Å². The van der Waals surface area contributed by atoms with Gasteiger partial charge in [-0.2, -0.15) is 0 Å². The number of aliphatic hydroxyl groups is 2. The Balaban J connectivity index is 1.29. The summed E-state index contributed by atoms with van der Waals surface area (Å²) >= 11 is 12.1. The maximum Gasteiger partial charge on any atom is 0.251 e. The molecule has 10 nitrogen and oxygen atoms in total. The lowest BCUT2D eigenvalue weighted by Crippen LogP contribution is -2.46. The molecule has 1 fully saturated rings. The van der Waals surface area contributed by atoms with E-state index in [9.17, 15) is 15.0 Å². The van der Waals surface area contributed by atoms with Gasteiger partial charge in [0, 0.05) is 22.2 Å². The van der Waals surface area contributed by atoms with Crippen molar-refractivity contribution in [2.75, 3.05) is 11.9 Å². The summed E-state index contributed by atoms with van der Waals surface area (Å²) in [7, 11) is 0. The van der Waals surface area contributed by atoms with E-state index in [1.807, 2.05) is 18.2 Å². The molecule has 4 N–H and O–H groups in total. The number of aliphatic hydroxyl groups excluding tert-OH is 2. The molecule has 12 heteroatoms. The number of carbonyl (C=O) groups excluding carboxylic acids is 1. The number of rotatable bonds is 7. The van der Waals surface area contributed by atoms with E-state index in [-0.39, 0.29) is 5.56 Å². The SMILES string of the molecule is O=C(N[C@@H]1[C@H](O)[C@@H](CO)O[C@H]1n1cnc2c(NCc3cccc4ccccc34)ncnc21)c1cc(Cl)cc(Cl)c1. The molecule has 4 atom stereocenters. The van der Waals surface area contributed by atoms with Crippen molar-refractivity contribution in [1.29, 1.82) is 0 Å². The second-order valence-electron chi connectivity index (χ2n) is 9.43. The monoisotopic (exact) mass is 578 g/mol. The minimum Gasteiger partial charge on any atom is -0.394 e. The number of anilines is 1. The molecule has 1 aliphatic heterocycles. The number of nitrogens with zero attached hydrogens (tertiary/aromatic N) is 4. The van der Waals surface area contributed by atoms with Crippen LogP contribution in [-0.2, 0) is 11.3 Å². The minimum absolute atomic E-state index is 0.216. The van der Waals surface area contributed by atoms with Gasteiger partial charge in [-0.05, 0) is 34.5 Å². The van der Waals surface area contributed by atoms with Crippen molar-refractivity contribution in [2.45, 2.75) is 31.0 Å². The molecule has 0 saturated carbocycles. The van der Waals surface area contributed by atoms with Crippen molar-refractivity contribution < 1.29 is 19.7 Å². The number of imidazole rings is 1. The second-order valence-corrected chi connectivity index (χ2v) is 10.3. The molecule has 40 heavy (non-hydrogen) atoms. The highest BCUT2D eigenvalue weighted by atomic mass is 35.5. The third-order valence-electron chi connectivity index (χ3n) is 6.93. The molecule has 0 radical (unpaired) electrons. The molecule has 0 aliphatic carbocycles. The fourth-order valence-electron chi connectivity index (χ4n) is 5.00. The Kier molecular flexibility index (Phi) is 7.26. The molecule has 1 aliphatic rings. The van der Waals surface area contributed by atoms with Crippen LogP contribution in [0.3, 0.4) is 0 Å². The number of halogens is 2. The van der Waals surface area contributed by atoms with Crippen LogP contribution in [0.5, 0.6) is 0 Å². The highest BCUT2D eigenvalue weighted by molar-refractivity contribution is 6.35. The Hall–Kier alpha value is -3.80. The molecule has 204 valence electrons. The van der Waals surface area contributed by atoms with Crippen LogP contribution in [-0.4, -0.2) is 60.5 Å². The Morgan fingerprint density at radius 1 is 1.02 bits per heavy atom. The topological polar surface area (TPSA) is 134 Å². The molecule has 3 heterocycles. The van der Waals surface area contributed by atoms with E-state index in [4.69, 9.17) is 27.9 Å². The van der Waals surface area contributed by atoms with Crippen molar-refractivity contribution in [1.82, 2.24) is 24.8 Å². The second kappa shape index (κ2) is 11.0. The Morgan fingerprint density at radius 2 is 1.80 bits per heavy atom. The predicted octanol–water partition coefficient (Wildman–Crippen LogP) is 3.95. The van der Waals surface area contributed by atoms with Crippen molar-refractivity contribution >= 4 is 56.9 Å². The first-order chi connectivity index (χ1) is 19.4. The normalized spacial score (nSPS) is 20.7. The zero-order valence-electron chi connectivity index (χ0n) is 20.9. The number of nitrogens with one attached hydrogen (secondary N) is 2. The smallest absolute Gasteiger partial charge is 0.251 e. The molecular formula is C28H24Cl2N6O4. The van der Waals surface area contributed by atoms with E-state index in [1.54, 1.807) is 4.57 Å². The van der Waals surface area contributed by atoms with E-state index in [2.05, 4.69) is 49.9 Å². The van der Waals surface area contributed by atoms with Gasteiger partial charge >= 0.3 is 0 Å². The number of amides is 1. The summed E-state index contributed by atoms with van der Waals surface area (Å²) in [6.07, 6.45) is -0.160. The molecule has 5 aromatic rings. The van der Waals surface area contributed by atoms with Gasteiger partial charge in [0.1, 0.15) is 24.6 Å². The summed E-state index contributed by atoms with van der Waals surface area (Å²) in [6.45, 7) is 0.0545. The lowest BCUT2D eigenvalue weighted by atomic mass is 10.0. The van der Waals surface area contributed by atoms with Gasteiger partial charge in [-0.1, -0.05) is 65.7 Å². The van der Waals surface area contributed by atoms with Crippen LogP contribution in [0.1, 0.15) is 22.1 Å². The fraction of sp³-hybridized carbons (Fsp3) is 0.214. The number of ether oxygens (including phenoxy) is 1. The summed E-state index contributed by atoms with van der Waals surface area (Å²) < 4.78 is 7.57. The standard InChI is InChI=1S/C28H24Cl2N6O4/c29-18-8-17(9-19(30)10-18)27(39)35-22-24(38)21(12-37)40-28(22)36-14-34-23-25(32-13-33-26(23)36)31-11-16-6-3-5-15-4-1-2-7-20(15)16/h1-10,13-14,21-22,24,28,37-38H,11-12H2,(H,35,39)(H,31,32,33)/t21-,22-,24-,28-/m1/s1. The first kappa shape index (κ1) is 26.4. The zero-order chi connectivity index (χ0) is 27.8. The molecule has 0 spiro atoms. The van der Waals surface area contributed by atoms with Gasteiger partial charge < -0.3 is 25.6 Å². The van der Waals surface area contributed by atoms with Gasteiger partial charge in [0.05, 0.1) is 12.9 Å². The average molecular weight is 579 g/mol. The van der Waals surface area contributed by atoms with E-state index in [1.165, 1.54) is 30.9 Å². The zero-order valence-corrected chi connectivity index (χ0v) is 22.4. The number of aromatic nitrogens is 4. The third kappa shape index (κ3) is 4.96. The van der Waals surface area contributed by atoms with Gasteiger partial charge in [-0.15, -0.1) is 0 Å². The largest absolute Gasteiger partial charge is 0.394 e. The average Bonchev–Trinajstić information content (AvgIpc) is 3.52. The highest BCUT2D eigenvalue weighted by Crippen LogP contribution is 2.33. The Morgan fingerprint density at radius 3 is 2.60 bits per heavy atom. The van der Waals surface area contributed by atoms with Crippen LogP contribution in [0, 0.1) is 0 Å². The summed E-state index contributed by atoms with van der Waals surface area (Å²) in [5, 5.41) is 29.7.